The second kappa shape index (κ2) is 6.50. The minimum absolute atomic E-state index is 0.142. The van der Waals surface area contributed by atoms with Crippen LogP contribution in [0.15, 0.2) is 0 Å². The number of amides is 1. The van der Waals surface area contributed by atoms with Crippen LogP contribution in [-0.4, -0.2) is 45.6 Å². The number of carbonyl (C=O) groups is 1. The van der Waals surface area contributed by atoms with Gasteiger partial charge in [0.2, 0.25) is 5.91 Å². The molecule has 0 spiro atoms. The highest BCUT2D eigenvalue weighted by molar-refractivity contribution is 8.00. The third kappa shape index (κ3) is 3.67. The van der Waals surface area contributed by atoms with Crippen LogP contribution >= 0.6 is 11.8 Å². The van der Waals surface area contributed by atoms with Crippen molar-refractivity contribution >= 4 is 17.7 Å². The van der Waals surface area contributed by atoms with Crippen molar-refractivity contribution in [3.05, 3.63) is 0 Å². The first-order valence-corrected chi connectivity index (χ1v) is 7.14. The highest BCUT2D eigenvalue weighted by Gasteiger charge is 2.28. The Labute approximate surface area is 103 Å². The summed E-state index contributed by atoms with van der Waals surface area (Å²) in [6.07, 6.45) is 3.47. The molecular weight excluding hydrogens is 222 g/mol. The smallest absolute Gasteiger partial charge is 0.233 e. The van der Waals surface area contributed by atoms with E-state index >= 15 is 0 Å². The molecule has 0 aliphatic carbocycles. The van der Waals surface area contributed by atoms with Crippen molar-refractivity contribution in [3.63, 3.8) is 0 Å². The maximum absolute atomic E-state index is 12.1. The standard InChI is InChI=1S/C12H23NO2S/c1-9-5-4-6-10(2)13(9)12(15)8-16-11(3)7-14/h9-11,14H,4-8H2,1-3H3. The highest BCUT2D eigenvalue weighted by atomic mass is 32.2. The fraction of sp³-hybridized carbons (Fsp3) is 0.917. The van der Waals surface area contributed by atoms with Gasteiger partial charge < -0.3 is 10.0 Å². The molecule has 0 aromatic carbocycles. The van der Waals surface area contributed by atoms with E-state index < -0.39 is 0 Å². The summed E-state index contributed by atoms with van der Waals surface area (Å²) in [5.41, 5.74) is 0. The van der Waals surface area contributed by atoms with Gasteiger partial charge in [0.15, 0.2) is 0 Å². The summed E-state index contributed by atoms with van der Waals surface area (Å²) in [5, 5.41) is 9.07. The maximum Gasteiger partial charge on any atom is 0.233 e. The molecule has 0 bridgehead atoms. The van der Waals surface area contributed by atoms with Crippen LogP contribution < -0.4 is 0 Å². The third-order valence-electron chi connectivity index (χ3n) is 3.23. The molecule has 1 rings (SSSR count). The van der Waals surface area contributed by atoms with Gasteiger partial charge in [-0.05, 0) is 33.1 Å². The summed E-state index contributed by atoms with van der Waals surface area (Å²) < 4.78 is 0. The van der Waals surface area contributed by atoms with Crippen molar-refractivity contribution in [2.24, 2.45) is 0 Å². The number of nitrogens with zero attached hydrogens (tertiary/aromatic N) is 1. The molecule has 0 aromatic heterocycles. The van der Waals surface area contributed by atoms with Crippen LogP contribution in [0.25, 0.3) is 0 Å². The van der Waals surface area contributed by atoms with E-state index in [1.807, 2.05) is 11.8 Å². The molecule has 0 radical (unpaired) electrons. The summed E-state index contributed by atoms with van der Waals surface area (Å²) in [6.45, 7) is 6.35. The van der Waals surface area contributed by atoms with Crippen molar-refractivity contribution < 1.29 is 9.90 Å². The maximum atomic E-state index is 12.1. The molecule has 3 nitrogen and oxygen atoms in total. The van der Waals surface area contributed by atoms with Gasteiger partial charge in [-0.25, -0.2) is 0 Å². The van der Waals surface area contributed by atoms with E-state index in [1.54, 1.807) is 11.8 Å². The fourth-order valence-electron chi connectivity index (χ4n) is 2.25. The molecule has 1 fully saturated rings. The summed E-state index contributed by atoms with van der Waals surface area (Å²) in [7, 11) is 0. The average Bonchev–Trinajstić information content (AvgIpc) is 2.25. The van der Waals surface area contributed by atoms with Crippen LogP contribution in [-0.2, 0) is 4.79 Å². The first kappa shape index (κ1) is 13.8. The molecule has 3 atom stereocenters. The Hall–Kier alpha value is -0.220. The molecular formula is C12H23NO2S. The van der Waals surface area contributed by atoms with Gasteiger partial charge in [0.05, 0.1) is 12.4 Å². The number of piperidine rings is 1. The molecule has 3 unspecified atom stereocenters. The molecule has 4 heteroatoms. The second-order valence-electron chi connectivity index (χ2n) is 4.73. The lowest BCUT2D eigenvalue weighted by atomic mass is 9.98. The SMILES string of the molecule is CC(CO)SCC(=O)N1C(C)CCCC1C. The molecule has 1 heterocycles. The minimum atomic E-state index is 0.142. The van der Waals surface area contributed by atoms with Gasteiger partial charge in [-0.1, -0.05) is 6.92 Å². The summed E-state index contributed by atoms with van der Waals surface area (Å²) in [4.78, 5) is 14.1. The largest absolute Gasteiger partial charge is 0.395 e. The Morgan fingerprint density at radius 3 is 2.50 bits per heavy atom. The lowest BCUT2D eigenvalue weighted by molar-refractivity contribution is -0.134. The number of likely N-dealkylation sites (tertiary alicyclic amines) is 1. The van der Waals surface area contributed by atoms with E-state index in [2.05, 4.69) is 13.8 Å². The zero-order valence-corrected chi connectivity index (χ0v) is 11.3. The molecule has 1 saturated heterocycles. The number of thioether (sulfide) groups is 1. The van der Waals surface area contributed by atoms with Gasteiger partial charge in [0, 0.05) is 17.3 Å². The molecule has 1 aliphatic heterocycles. The topological polar surface area (TPSA) is 40.5 Å². The van der Waals surface area contributed by atoms with E-state index in [0.717, 1.165) is 12.8 Å². The Balaban J connectivity index is 2.44. The number of rotatable bonds is 4. The van der Waals surface area contributed by atoms with Crippen LogP contribution in [0.3, 0.4) is 0 Å². The Morgan fingerprint density at radius 1 is 1.44 bits per heavy atom. The van der Waals surface area contributed by atoms with E-state index in [0.29, 0.717) is 17.8 Å². The first-order valence-electron chi connectivity index (χ1n) is 6.10. The minimum Gasteiger partial charge on any atom is -0.395 e. The zero-order valence-electron chi connectivity index (χ0n) is 10.5. The first-order chi connectivity index (χ1) is 7.56. The average molecular weight is 245 g/mol. The normalized spacial score (nSPS) is 27.9. The molecule has 1 aliphatic rings. The van der Waals surface area contributed by atoms with E-state index in [4.69, 9.17) is 5.11 Å². The van der Waals surface area contributed by atoms with Crippen molar-refractivity contribution in [3.8, 4) is 0 Å². The van der Waals surface area contributed by atoms with Gasteiger partial charge in [-0.15, -0.1) is 11.8 Å². The predicted octanol–water partition coefficient (Wildman–Crippen LogP) is 1.89. The summed E-state index contributed by atoms with van der Waals surface area (Å²) >= 11 is 1.54. The van der Waals surface area contributed by atoms with Gasteiger partial charge in [-0.2, -0.15) is 0 Å². The second-order valence-corrected chi connectivity index (χ2v) is 6.16. The monoisotopic (exact) mass is 245 g/mol. The number of carbonyl (C=O) groups excluding carboxylic acids is 1. The highest BCUT2D eigenvalue weighted by Crippen LogP contribution is 2.23. The molecule has 0 saturated carbocycles. The van der Waals surface area contributed by atoms with Crippen molar-refractivity contribution in [2.45, 2.75) is 57.4 Å². The third-order valence-corrected chi connectivity index (χ3v) is 4.36. The van der Waals surface area contributed by atoms with Gasteiger partial charge in [0.1, 0.15) is 0 Å². The number of hydrogen-bond donors (Lipinski definition) is 1. The van der Waals surface area contributed by atoms with Crippen molar-refractivity contribution in [1.29, 1.82) is 0 Å². The van der Waals surface area contributed by atoms with Crippen molar-refractivity contribution in [2.75, 3.05) is 12.4 Å². The molecule has 1 N–H and O–H groups in total. The van der Waals surface area contributed by atoms with Crippen LogP contribution in [0.1, 0.15) is 40.0 Å². The molecule has 94 valence electrons. The lowest BCUT2D eigenvalue weighted by Crippen LogP contribution is -2.48. The number of aliphatic hydroxyl groups is 1. The molecule has 1 amide bonds. The number of hydrogen-bond acceptors (Lipinski definition) is 3. The van der Waals surface area contributed by atoms with Crippen LogP contribution in [0.4, 0.5) is 0 Å². The van der Waals surface area contributed by atoms with Crippen LogP contribution in [0.2, 0.25) is 0 Å². The van der Waals surface area contributed by atoms with Gasteiger partial charge >= 0.3 is 0 Å². The molecule has 16 heavy (non-hydrogen) atoms. The Morgan fingerprint density at radius 2 is 2.00 bits per heavy atom. The number of aliphatic hydroxyl groups excluding tert-OH is 1. The van der Waals surface area contributed by atoms with Crippen LogP contribution in [0, 0.1) is 0 Å². The van der Waals surface area contributed by atoms with E-state index in [9.17, 15) is 4.79 Å². The van der Waals surface area contributed by atoms with Gasteiger partial charge in [-0.3, -0.25) is 4.79 Å². The van der Waals surface area contributed by atoms with E-state index in [-0.39, 0.29) is 17.8 Å². The lowest BCUT2D eigenvalue weighted by Gasteiger charge is -2.39. The quantitative estimate of drug-likeness (QED) is 0.822. The van der Waals surface area contributed by atoms with E-state index in [1.165, 1.54) is 6.42 Å². The van der Waals surface area contributed by atoms with Crippen molar-refractivity contribution in [1.82, 2.24) is 4.90 Å². The Kier molecular flexibility index (Phi) is 5.62. The zero-order chi connectivity index (χ0) is 12.1. The summed E-state index contributed by atoms with van der Waals surface area (Å²) in [6, 6.07) is 0.752. The summed E-state index contributed by atoms with van der Waals surface area (Å²) in [5.74, 6) is 0.723. The Bertz CT molecular complexity index is 225. The molecule has 0 aromatic rings. The van der Waals surface area contributed by atoms with Gasteiger partial charge in [0.25, 0.3) is 0 Å². The fourth-order valence-corrected chi connectivity index (χ4v) is 2.94. The van der Waals surface area contributed by atoms with Crippen LogP contribution in [0.5, 0.6) is 0 Å². The predicted molar refractivity (Wildman–Crippen MR) is 68.6 cm³/mol.